The molecule has 1 aliphatic carbocycles. The zero-order valence-corrected chi connectivity index (χ0v) is 16.4. The van der Waals surface area contributed by atoms with Crippen molar-refractivity contribution in [1.82, 2.24) is 19.6 Å². The van der Waals surface area contributed by atoms with Gasteiger partial charge in [-0.05, 0) is 31.4 Å². The van der Waals surface area contributed by atoms with Crippen molar-refractivity contribution in [2.24, 2.45) is 0 Å². The van der Waals surface area contributed by atoms with E-state index in [0.717, 1.165) is 41.0 Å². The monoisotopic (exact) mass is 384 g/mol. The van der Waals surface area contributed by atoms with Crippen molar-refractivity contribution >= 4 is 23.0 Å². The number of halogens is 1. The van der Waals surface area contributed by atoms with Crippen LogP contribution in [0.15, 0.2) is 24.5 Å². The van der Waals surface area contributed by atoms with Gasteiger partial charge in [-0.1, -0.05) is 18.5 Å². The number of rotatable bonds is 6. The fourth-order valence-corrected chi connectivity index (χ4v) is 3.76. The van der Waals surface area contributed by atoms with Gasteiger partial charge in [0.1, 0.15) is 10.8 Å². The Morgan fingerprint density at radius 3 is 2.70 bits per heavy atom. The van der Waals surface area contributed by atoms with Gasteiger partial charge in [-0.3, -0.25) is 4.79 Å². The molecule has 1 fully saturated rings. The molecular weight excluding hydrogens is 364 g/mol. The highest BCUT2D eigenvalue weighted by atomic mass is 35.5. The number of hydrogen-bond donors (Lipinski definition) is 0. The van der Waals surface area contributed by atoms with E-state index in [1.165, 1.54) is 7.11 Å². The van der Waals surface area contributed by atoms with Crippen LogP contribution in [0.3, 0.4) is 0 Å². The fraction of sp³-hybridized carbons (Fsp3) is 0.400. The van der Waals surface area contributed by atoms with Gasteiger partial charge in [-0.2, -0.15) is 5.10 Å². The molecular formula is C20H21ClN4O2. The molecule has 0 N–H and O–H groups in total. The van der Waals surface area contributed by atoms with Gasteiger partial charge in [0.25, 0.3) is 0 Å². The van der Waals surface area contributed by atoms with Crippen molar-refractivity contribution in [3.05, 3.63) is 52.1 Å². The molecule has 3 aromatic heterocycles. The standard InChI is InChI=1S/C20H21ClN4O2/c1-12-6-17-22-11-14(18(25(17)24-12)20(2)4-5-20)9-15(26)7-13-8-16(21)19(27-3)23-10-13/h6,8,10-11H,4-5,7,9H2,1-3H3. The normalized spacial score (nSPS) is 15.1. The number of ketones is 1. The number of carbonyl (C=O) groups excluding carboxylic acids is 1. The minimum absolute atomic E-state index is 0.0697. The Balaban J connectivity index is 1.61. The number of methoxy groups -OCH3 is 1. The second-order valence-corrected chi connectivity index (χ2v) is 7.88. The predicted molar refractivity (Wildman–Crippen MR) is 103 cm³/mol. The van der Waals surface area contributed by atoms with Gasteiger partial charge in [0.05, 0.1) is 18.5 Å². The molecule has 0 aromatic carbocycles. The van der Waals surface area contributed by atoms with E-state index in [2.05, 4.69) is 22.0 Å². The van der Waals surface area contributed by atoms with E-state index in [-0.39, 0.29) is 17.6 Å². The van der Waals surface area contributed by atoms with E-state index in [9.17, 15) is 4.79 Å². The lowest BCUT2D eigenvalue weighted by Gasteiger charge is -2.16. The Hall–Kier alpha value is -2.47. The van der Waals surface area contributed by atoms with Gasteiger partial charge in [0.15, 0.2) is 5.65 Å². The van der Waals surface area contributed by atoms with Crippen molar-refractivity contribution in [3.8, 4) is 5.88 Å². The van der Waals surface area contributed by atoms with Crippen LogP contribution in [0.25, 0.3) is 5.65 Å². The van der Waals surface area contributed by atoms with Crippen LogP contribution in [0, 0.1) is 6.92 Å². The summed E-state index contributed by atoms with van der Waals surface area (Å²) in [4.78, 5) is 21.4. The van der Waals surface area contributed by atoms with Gasteiger partial charge in [-0.25, -0.2) is 14.5 Å². The average Bonchev–Trinajstić information content (AvgIpc) is 3.23. The van der Waals surface area contributed by atoms with Crippen LogP contribution in [0.2, 0.25) is 5.02 Å². The molecule has 6 nitrogen and oxygen atoms in total. The van der Waals surface area contributed by atoms with Crippen molar-refractivity contribution in [2.75, 3.05) is 7.11 Å². The van der Waals surface area contributed by atoms with Crippen LogP contribution in [0.1, 0.15) is 42.3 Å². The molecule has 0 saturated heterocycles. The molecule has 1 saturated carbocycles. The number of hydrogen-bond acceptors (Lipinski definition) is 5. The first-order valence-electron chi connectivity index (χ1n) is 8.94. The molecule has 140 valence electrons. The molecule has 0 unspecified atom stereocenters. The van der Waals surface area contributed by atoms with Crippen molar-refractivity contribution in [2.45, 2.75) is 44.9 Å². The maximum absolute atomic E-state index is 12.7. The summed E-state index contributed by atoms with van der Waals surface area (Å²) in [6, 6.07) is 3.69. The molecule has 0 spiro atoms. The largest absolute Gasteiger partial charge is 0.480 e. The number of pyridine rings is 1. The van der Waals surface area contributed by atoms with Gasteiger partial charge in [0.2, 0.25) is 5.88 Å². The summed E-state index contributed by atoms with van der Waals surface area (Å²) in [5.41, 5.74) is 4.66. The molecule has 7 heteroatoms. The molecule has 0 aliphatic heterocycles. The Morgan fingerprint density at radius 2 is 2.04 bits per heavy atom. The van der Waals surface area contributed by atoms with Crippen LogP contribution in [-0.2, 0) is 23.1 Å². The average molecular weight is 385 g/mol. The second kappa shape index (κ2) is 6.60. The van der Waals surface area contributed by atoms with Gasteiger partial charge >= 0.3 is 0 Å². The van der Waals surface area contributed by atoms with Gasteiger partial charge in [-0.15, -0.1) is 0 Å². The lowest BCUT2D eigenvalue weighted by molar-refractivity contribution is -0.117. The van der Waals surface area contributed by atoms with E-state index >= 15 is 0 Å². The lowest BCUT2D eigenvalue weighted by Crippen LogP contribution is -2.17. The van der Waals surface area contributed by atoms with Crippen LogP contribution in [0.4, 0.5) is 0 Å². The van der Waals surface area contributed by atoms with Gasteiger partial charge < -0.3 is 4.74 Å². The van der Waals surface area contributed by atoms with E-state index in [1.807, 2.05) is 23.7 Å². The summed E-state index contributed by atoms with van der Waals surface area (Å²) >= 11 is 6.11. The maximum Gasteiger partial charge on any atom is 0.232 e. The molecule has 3 heterocycles. The quantitative estimate of drug-likeness (QED) is 0.650. The first-order valence-corrected chi connectivity index (χ1v) is 9.32. The third kappa shape index (κ3) is 3.41. The Kier molecular flexibility index (Phi) is 4.38. The number of carbonyl (C=O) groups is 1. The number of fused-ring (bicyclic) bond motifs is 1. The molecule has 0 radical (unpaired) electrons. The highest BCUT2D eigenvalue weighted by molar-refractivity contribution is 6.31. The summed E-state index contributed by atoms with van der Waals surface area (Å²) in [5, 5.41) is 5.01. The summed E-state index contributed by atoms with van der Waals surface area (Å²) in [5.74, 6) is 0.453. The summed E-state index contributed by atoms with van der Waals surface area (Å²) in [7, 11) is 1.51. The van der Waals surface area contributed by atoms with Crippen LogP contribution < -0.4 is 4.74 Å². The second-order valence-electron chi connectivity index (χ2n) is 7.48. The zero-order valence-electron chi connectivity index (χ0n) is 15.6. The van der Waals surface area contributed by atoms with E-state index in [4.69, 9.17) is 16.3 Å². The molecule has 0 bridgehead atoms. The molecule has 0 atom stereocenters. The predicted octanol–water partition coefficient (Wildman–Crippen LogP) is 3.50. The van der Waals surface area contributed by atoms with Crippen molar-refractivity contribution in [3.63, 3.8) is 0 Å². The minimum Gasteiger partial charge on any atom is -0.480 e. The smallest absolute Gasteiger partial charge is 0.232 e. The lowest BCUT2D eigenvalue weighted by atomic mass is 9.96. The van der Waals surface area contributed by atoms with E-state index in [0.29, 0.717) is 17.3 Å². The van der Waals surface area contributed by atoms with Gasteiger partial charge in [0, 0.05) is 42.3 Å². The minimum atomic E-state index is 0.0697. The van der Waals surface area contributed by atoms with Crippen LogP contribution >= 0.6 is 11.6 Å². The third-order valence-corrected chi connectivity index (χ3v) is 5.37. The highest BCUT2D eigenvalue weighted by Gasteiger charge is 2.43. The Labute approximate surface area is 162 Å². The summed E-state index contributed by atoms with van der Waals surface area (Å²) in [6.45, 7) is 4.18. The first kappa shape index (κ1) is 17.9. The van der Waals surface area contributed by atoms with Crippen molar-refractivity contribution in [1.29, 1.82) is 0 Å². The Bertz CT molecular complexity index is 1040. The Morgan fingerprint density at radius 1 is 1.26 bits per heavy atom. The topological polar surface area (TPSA) is 69.4 Å². The fourth-order valence-electron chi connectivity index (χ4n) is 3.49. The summed E-state index contributed by atoms with van der Waals surface area (Å²) < 4.78 is 6.97. The van der Waals surface area contributed by atoms with E-state index < -0.39 is 0 Å². The summed E-state index contributed by atoms with van der Waals surface area (Å²) in [6.07, 6.45) is 6.24. The van der Waals surface area contributed by atoms with E-state index in [1.54, 1.807) is 12.3 Å². The number of ether oxygens (including phenoxy) is 1. The highest BCUT2D eigenvalue weighted by Crippen LogP contribution is 2.48. The first-order chi connectivity index (χ1) is 12.9. The number of aromatic nitrogens is 4. The van der Waals surface area contributed by atoms with Crippen LogP contribution in [-0.4, -0.2) is 32.5 Å². The number of Topliss-reactive ketones (excluding diaryl/α,β-unsaturated/α-hetero) is 1. The maximum atomic E-state index is 12.7. The molecule has 27 heavy (non-hydrogen) atoms. The molecule has 3 aromatic rings. The molecule has 0 amide bonds. The SMILES string of the molecule is COc1ncc(CC(=O)Cc2cnc3cc(C)nn3c2C2(C)CC2)cc1Cl. The van der Waals surface area contributed by atoms with Crippen molar-refractivity contribution < 1.29 is 9.53 Å². The number of aryl methyl sites for hydroxylation is 1. The number of nitrogens with zero attached hydrogens (tertiary/aromatic N) is 4. The molecule has 4 rings (SSSR count). The molecule has 1 aliphatic rings. The zero-order chi connectivity index (χ0) is 19.2. The third-order valence-electron chi connectivity index (χ3n) is 5.10. The van der Waals surface area contributed by atoms with Crippen LogP contribution in [0.5, 0.6) is 5.88 Å².